The molecule has 0 bridgehead atoms. The number of rotatable bonds is 5. The molecule has 0 aliphatic heterocycles. The van der Waals surface area contributed by atoms with Crippen molar-refractivity contribution in [2.75, 3.05) is 11.8 Å². The molecule has 2 N–H and O–H groups in total. The Morgan fingerprint density at radius 2 is 1.77 bits per heavy atom. The lowest BCUT2D eigenvalue weighted by atomic mass is 10.2. The number of Topliss-reactive ketones (excluding diaryl/α,β-unsaturated/α-hetero) is 1. The molecule has 2 rings (SSSR count). The Morgan fingerprint density at radius 1 is 1.14 bits per heavy atom. The van der Waals surface area contributed by atoms with Gasteiger partial charge in [-0.1, -0.05) is 12.1 Å². The second-order valence-corrected chi connectivity index (χ2v) is 6.26. The van der Waals surface area contributed by atoms with Crippen molar-refractivity contribution in [2.45, 2.75) is 11.8 Å². The zero-order valence-electron chi connectivity index (χ0n) is 12.0. The van der Waals surface area contributed by atoms with Gasteiger partial charge in [0.2, 0.25) is 0 Å². The Kier molecular flexibility index (Phi) is 4.37. The first-order valence-corrected chi connectivity index (χ1v) is 7.82. The van der Waals surface area contributed by atoms with Gasteiger partial charge in [-0.05, 0) is 31.2 Å². The number of hydrogen-bond donors (Lipinski definition) is 2. The summed E-state index contributed by atoms with van der Waals surface area (Å²) in [4.78, 5) is 11.2. The van der Waals surface area contributed by atoms with E-state index >= 15 is 0 Å². The van der Waals surface area contributed by atoms with Gasteiger partial charge in [-0.15, -0.1) is 0 Å². The first-order valence-electron chi connectivity index (χ1n) is 6.34. The fraction of sp³-hybridized carbons (Fsp3) is 0.133. The van der Waals surface area contributed by atoms with Gasteiger partial charge in [-0.3, -0.25) is 9.52 Å². The summed E-state index contributed by atoms with van der Waals surface area (Å²) < 4.78 is 31.7. The van der Waals surface area contributed by atoms with E-state index in [1.165, 1.54) is 56.5 Å². The van der Waals surface area contributed by atoms with E-state index in [4.69, 9.17) is 4.74 Å². The molecule has 2 aromatic rings. The minimum Gasteiger partial charge on any atom is -0.504 e. The average Bonchev–Trinajstić information content (AvgIpc) is 2.47. The van der Waals surface area contributed by atoms with Crippen LogP contribution in [0.5, 0.6) is 11.5 Å². The van der Waals surface area contributed by atoms with E-state index in [-0.39, 0.29) is 27.9 Å². The number of sulfonamides is 1. The predicted molar refractivity (Wildman–Crippen MR) is 81.9 cm³/mol. The van der Waals surface area contributed by atoms with Crippen LogP contribution in [0.15, 0.2) is 47.4 Å². The van der Waals surface area contributed by atoms with Gasteiger partial charge < -0.3 is 9.84 Å². The van der Waals surface area contributed by atoms with Gasteiger partial charge in [0.1, 0.15) is 0 Å². The minimum absolute atomic E-state index is 0.0211. The van der Waals surface area contributed by atoms with Crippen molar-refractivity contribution in [2.24, 2.45) is 0 Å². The van der Waals surface area contributed by atoms with Crippen LogP contribution in [0, 0.1) is 0 Å². The van der Waals surface area contributed by atoms with E-state index in [1.807, 2.05) is 0 Å². The van der Waals surface area contributed by atoms with Gasteiger partial charge in [-0.25, -0.2) is 8.42 Å². The summed E-state index contributed by atoms with van der Waals surface area (Å²) in [5.41, 5.74) is 0.634. The number of ether oxygens (including phenoxy) is 1. The Balaban J connectivity index is 2.27. The molecule has 0 unspecified atom stereocenters. The van der Waals surface area contributed by atoms with Crippen LogP contribution in [-0.2, 0) is 10.0 Å². The maximum atomic E-state index is 12.2. The van der Waals surface area contributed by atoms with E-state index in [0.717, 1.165) is 0 Å². The normalized spacial score (nSPS) is 11.0. The number of benzene rings is 2. The first-order chi connectivity index (χ1) is 10.3. The number of anilines is 1. The smallest absolute Gasteiger partial charge is 0.261 e. The van der Waals surface area contributed by atoms with Crippen molar-refractivity contribution < 1.29 is 23.1 Å². The Hall–Kier alpha value is -2.54. The molecule has 0 saturated carbocycles. The van der Waals surface area contributed by atoms with Crippen molar-refractivity contribution in [3.63, 3.8) is 0 Å². The van der Waals surface area contributed by atoms with Crippen LogP contribution in [0.4, 0.5) is 5.69 Å². The first kappa shape index (κ1) is 15.8. The maximum Gasteiger partial charge on any atom is 0.261 e. The fourth-order valence-electron chi connectivity index (χ4n) is 1.84. The van der Waals surface area contributed by atoms with E-state index in [0.29, 0.717) is 5.56 Å². The SMILES string of the molecule is COc1ccc(NS(=O)(=O)c2ccc(C(C)=O)cc2)cc1O. The molecular formula is C15H15NO5S. The highest BCUT2D eigenvalue weighted by atomic mass is 32.2. The number of phenols is 1. The molecule has 6 nitrogen and oxygen atoms in total. The second-order valence-electron chi connectivity index (χ2n) is 4.57. The third kappa shape index (κ3) is 3.37. The highest BCUT2D eigenvalue weighted by molar-refractivity contribution is 7.92. The van der Waals surface area contributed by atoms with Crippen LogP contribution in [0.25, 0.3) is 0 Å². The standard InChI is InChI=1S/C15H15NO5S/c1-10(17)11-3-6-13(7-4-11)22(19,20)16-12-5-8-15(21-2)14(18)9-12/h3-9,16,18H,1-2H3. The number of carbonyl (C=O) groups excluding carboxylic acids is 1. The number of nitrogens with one attached hydrogen (secondary N) is 1. The summed E-state index contributed by atoms with van der Waals surface area (Å²) >= 11 is 0. The van der Waals surface area contributed by atoms with Crippen molar-refractivity contribution in [1.29, 1.82) is 0 Å². The Bertz CT molecular complexity index is 797. The van der Waals surface area contributed by atoms with E-state index in [2.05, 4.69) is 4.72 Å². The van der Waals surface area contributed by atoms with Crippen LogP contribution >= 0.6 is 0 Å². The van der Waals surface area contributed by atoms with Gasteiger partial charge in [0.15, 0.2) is 17.3 Å². The summed E-state index contributed by atoms with van der Waals surface area (Å²) in [6, 6.07) is 9.77. The third-order valence-electron chi connectivity index (χ3n) is 3.00. The molecule has 0 spiro atoms. The van der Waals surface area contributed by atoms with Crippen molar-refractivity contribution in [1.82, 2.24) is 0 Å². The average molecular weight is 321 g/mol. The van der Waals surface area contributed by atoms with Gasteiger partial charge in [0.05, 0.1) is 17.7 Å². The molecule has 0 aromatic heterocycles. The van der Waals surface area contributed by atoms with Gasteiger partial charge in [0.25, 0.3) is 10.0 Å². The van der Waals surface area contributed by atoms with Crippen LogP contribution in [0.3, 0.4) is 0 Å². The summed E-state index contributed by atoms with van der Waals surface area (Å²) in [6.45, 7) is 1.40. The van der Waals surface area contributed by atoms with Gasteiger partial charge >= 0.3 is 0 Å². The predicted octanol–water partition coefficient (Wildman–Crippen LogP) is 2.40. The molecule has 0 aliphatic rings. The maximum absolute atomic E-state index is 12.2. The molecular weight excluding hydrogens is 306 g/mol. The topological polar surface area (TPSA) is 92.7 Å². The summed E-state index contributed by atoms with van der Waals surface area (Å²) in [5.74, 6) is -0.0691. The van der Waals surface area contributed by atoms with Gasteiger partial charge in [0, 0.05) is 11.6 Å². The molecule has 0 heterocycles. The molecule has 0 saturated heterocycles. The zero-order chi connectivity index (χ0) is 16.3. The monoisotopic (exact) mass is 321 g/mol. The number of carbonyl (C=O) groups is 1. The second kappa shape index (κ2) is 6.07. The summed E-state index contributed by atoms with van der Waals surface area (Å²) in [5, 5.41) is 9.66. The Morgan fingerprint density at radius 3 is 2.27 bits per heavy atom. The number of ketones is 1. The van der Waals surface area contributed by atoms with E-state index in [1.54, 1.807) is 0 Å². The molecule has 0 fully saturated rings. The van der Waals surface area contributed by atoms with Gasteiger partial charge in [-0.2, -0.15) is 0 Å². The van der Waals surface area contributed by atoms with E-state index < -0.39 is 10.0 Å². The van der Waals surface area contributed by atoms with Crippen LogP contribution < -0.4 is 9.46 Å². The van der Waals surface area contributed by atoms with Crippen LogP contribution in [-0.4, -0.2) is 26.4 Å². The lowest BCUT2D eigenvalue weighted by molar-refractivity contribution is 0.101. The largest absolute Gasteiger partial charge is 0.504 e. The molecule has 22 heavy (non-hydrogen) atoms. The fourth-order valence-corrected chi connectivity index (χ4v) is 2.89. The number of methoxy groups -OCH3 is 1. The molecule has 0 aliphatic carbocycles. The summed E-state index contributed by atoms with van der Waals surface area (Å²) in [6.07, 6.45) is 0. The quantitative estimate of drug-likeness (QED) is 0.825. The highest BCUT2D eigenvalue weighted by Gasteiger charge is 2.15. The van der Waals surface area contributed by atoms with E-state index in [9.17, 15) is 18.3 Å². The zero-order valence-corrected chi connectivity index (χ0v) is 12.8. The summed E-state index contributed by atoms with van der Waals surface area (Å²) in [7, 11) is -2.41. The number of aromatic hydroxyl groups is 1. The van der Waals surface area contributed by atoms with Crippen molar-refractivity contribution in [3.05, 3.63) is 48.0 Å². The lowest BCUT2D eigenvalue weighted by Crippen LogP contribution is -2.13. The molecule has 116 valence electrons. The molecule has 7 heteroatoms. The number of hydrogen-bond acceptors (Lipinski definition) is 5. The third-order valence-corrected chi connectivity index (χ3v) is 4.40. The lowest BCUT2D eigenvalue weighted by Gasteiger charge is -2.10. The van der Waals surface area contributed by atoms with Crippen molar-refractivity contribution >= 4 is 21.5 Å². The molecule has 0 atom stereocenters. The van der Waals surface area contributed by atoms with Crippen LogP contribution in [0.1, 0.15) is 17.3 Å². The minimum atomic E-state index is -3.81. The molecule has 2 aromatic carbocycles. The molecule has 0 radical (unpaired) electrons. The van der Waals surface area contributed by atoms with Crippen LogP contribution in [0.2, 0.25) is 0 Å². The Labute approximate surface area is 128 Å². The number of phenolic OH excluding ortho intramolecular Hbond substituents is 1. The highest BCUT2D eigenvalue weighted by Crippen LogP contribution is 2.29. The van der Waals surface area contributed by atoms with Crippen molar-refractivity contribution in [3.8, 4) is 11.5 Å². The molecule has 0 amide bonds.